The third kappa shape index (κ3) is 9.88. The van der Waals surface area contributed by atoms with Crippen molar-refractivity contribution >= 4 is 41.4 Å². The molecule has 0 bridgehead atoms. The molecule has 1 heterocycles. The normalized spacial score (nSPS) is 22.9. The van der Waals surface area contributed by atoms with E-state index in [9.17, 15) is 19.5 Å². The van der Waals surface area contributed by atoms with Gasteiger partial charge in [0.1, 0.15) is 37.6 Å². The molecule has 1 aliphatic heterocycles. The quantitative estimate of drug-likeness (QED) is 0.0860. The van der Waals surface area contributed by atoms with Gasteiger partial charge in [-0.3, -0.25) is 14.5 Å². The molecule has 13 heteroatoms. The number of nitrogens with one attached hydrogen (secondary N) is 1. The van der Waals surface area contributed by atoms with Gasteiger partial charge in [-0.15, -0.1) is 0 Å². The number of carboxylic acid groups (broad SMARTS) is 1. The molecule has 2 saturated carbocycles. The van der Waals surface area contributed by atoms with E-state index in [1.165, 1.54) is 0 Å². The van der Waals surface area contributed by atoms with Gasteiger partial charge in [0, 0.05) is 39.3 Å². The number of piperidine rings is 1. The molecule has 0 spiro atoms. The van der Waals surface area contributed by atoms with Crippen molar-refractivity contribution in [3.05, 3.63) is 86.9 Å². The summed E-state index contributed by atoms with van der Waals surface area (Å²) in [6, 6.07) is 17.9. The number of amides is 1. The SMILES string of the molecule is COCCCc1cc(CN(C(=O)[C@H]2CNCC[C@@H]2c2ccc(OCCOc3c(Cl)cc(C)cc3Cl)cc2)C2CC2)cc(OC[C@@]2(N(C)C)C[C@]2(CC=O)C(=O)O)c1. The summed E-state index contributed by atoms with van der Waals surface area (Å²) in [6.07, 6.45) is 5.28. The van der Waals surface area contributed by atoms with Crippen LogP contribution in [0.4, 0.5) is 0 Å². The van der Waals surface area contributed by atoms with E-state index < -0.39 is 16.9 Å². The molecule has 3 aromatic rings. The van der Waals surface area contributed by atoms with Gasteiger partial charge in [-0.05, 0) is 131 Å². The van der Waals surface area contributed by atoms with E-state index in [0.29, 0.717) is 66.3 Å². The Morgan fingerprint density at radius 2 is 1.63 bits per heavy atom. The van der Waals surface area contributed by atoms with Crippen LogP contribution in [0.2, 0.25) is 10.0 Å². The molecule has 0 unspecified atom stereocenters. The zero-order chi connectivity index (χ0) is 40.7. The van der Waals surface area contributed by atoms with Gasteiger partial charge in [0.15, 0.2) is 5.75 Å². The van der Waals surface area contributed by atoms with Crippen LogP contribution in [0.25, 0.3) is 0 Å². The summed E-state index contributed by atoms with van der Waals surface area (Å²) >= 11 is 12.6. The second-order valence-electron chi connectivity index (χ2n) is 16.0. The van der Waals surface area contributed by atoms with E-state index in [1.54, 1.807) is 7.11 Å². The van der Waals surface area contributed by atoms with Gasteiger partial charge in [-0.1, -0.05) is 41.4 Å². The topological polar surface area (TPSA) is 127 Å². The second kappa shape index (κ2) is 18.8. The number of halogens is 2. The summed E-state index contributed by atoms with van der Waals surface area (Å²) < 4.78 is 23.5. The highest BCUT2D eigenvalue weighted by atomic mass is 35.5. The zero-order valence-electron chi connectivity index (χ0n) is 33.4. The lowest BCUT2D eigenvalue weighted by Crippen LogP contribution is -2.47. The molecule has 57 heavy (non-hydrogen) atoms. The molecule has 3 aromatic carbocycles. The molecule has 3 fully saturated rings. The van der Waals surface area contributed by atoms with E-state index in [0.717, 1.165) is 60.9 Å². The number of benzene rings is 3. The Bertz CT molecular complexity index is 1870. The van der Waals surface area contributed by atoms with Crippen molar-refractivity contribution < 1.29 is 38.4 Å². The Morgan fingerprint density at radius 3 is 2.28 bits per heavy atom. The minimum Gasteiger partial charge on any atom is -0.492 e. The fourth-order valence-electron chi connectivity index (χ4n) is 8.44. The molecule has 308 valence electrons. The number of ether oxygens (including phenoxy) is 4. The van der Waals surface area contributed by atoms with Crippen molar-refractivity contribution in [3.63, 3.8) is 0 Å². The Hall–Kier alpha value is -3.87. The predicted octanol–water partition coefficient (Wildman–Crippen LogP) is 6.97. The maximum atomic E-state index is 14.6. The van der Waals surface area contributed by atoms with Crippen molar-refractivity contribution in [1.29, 1.82) is 0 Å². The zero-order valence-corrected chi connectivity index (χ0v) is 34.9. The van der Waals surface area contributed by atoms with Crippen LogP contribution >= 0.6 is 23.2 Å². The molecule has 1 amide bonds. The summed E-state index contributed by atoms with van der Waals surface area (Å²) in [4.78, 5) is 42.4. The molecule has 2 N–H and O–H groups in total. The third-order valence-electron chi connectivity index (χ3n) is 11.8. The van der Waals surface area contributed by atoms with Crippen LogP contribution in [0.1, 0.15) is 66.7 Å². The van der Waals surface area contributed by atoms with E-state index >= 15 is 0 Å². The Labute approximate surface area is 345 Å². The smallest absolute Gasteiger partial charge is 0.312 e. The number of hydrogen-bond acceptors (Lipinski definition) is 9. The average Bonchev–Trinajstić information content (AvgIpc) is 4.12. The van der Waals surface area contributed by atoms with Gasteiger partial charge in [-0.25, -0.2) is 0 Å². The Balaban J connectivity index is 1.14. The number of methoxy groups -OCH3 is 1. The maximum Gasteiger partial charge on any atom is 0.312 e. The summed E-state index contributed by atoms with van der Waals surface area (Å²) in [7, 11) is 5.35. The molecule has 6 rings (SSSR count). The monoisotopic (exact) mass is 823 g/mol. The van der Waals surface area contributed by atoms with Crippen molar-refractivity contribution in [1.82, 2.24) is 15.1 Å². The first-order valence-corrected chi connectivity index (χ1v) is 20.6. The van der Waals surface area contributed by atoms with Crippen LogP contribution in [0.15, 0.2) is 54.6 Å². The lowest BCUT2D eigenvalue weighted by Gasteiger charge is -2.36. The van der Waals surface area contributed by atoms with E-state index in [4.69, 9.17) is 42.1 Å². The largest absolute Gasteiger partial charge is 0.492 e. The molecule has 0 radical (unpaired) electrons. The lowest BCUT2D eigenvalue weighted by atomic mass is 9.80. The number of aryl methyl sites for hydroxylation is 2. The van der Waals surface area contributed by atoms with Crippen molar-refractivity contribution in [3.8, 4) is 17.2 Å². The van der Waals surface area contributed by atoms with E-state index in [-0.39, 0.29) is 43.4 Å². The molecule has 0 aromatic heterocycles. The van der Waals surface area contributed by atoms with Crippen LogP contribution in [-0.2, 0) is 32.1 Å². The number of carboxylic acids is 1. The van der Waals surface area contributed by atoms with Crippen LogP contribution in [0.3, 0.4) is 0 Å². The van der Waals surface area contributed by atoms with Crippen molar-refractivity contribution in [2.75, 3.05) is 60.7 Å². The minimum atomic E-state index is -1.19. The summed E-state index contributed by atoms with van der Waals surface area (Å²) in [5.41, 5.74) is 2.08. The lowest BCUT2D eigenvalue weighted by molar-refractivity contribution is -0.147. The van der Waals surface area contributed by atoms with Gasteiger partial charge in [0.05, 0.1) is 26.9 Å². The number of carbonyl (C=O) groups excluding carboxylic acids is 2. The highest BCUT2D eigenvalue weighted by molar-refractivity contribution is 6.37. The van der Waals surface area contributed by atoms with Gasteiger partial charge in [0.2, 0.25) is 5.91 Å². The van der Waals surface area contributed by atoms with Crippen LogP contribution in [0.5, 0.6) is 17.2 Å². The number of rotatable bonds is 21. The molecule has 3 aliphatic rings. The third-order valence-corrected chi connectivity index (χ3v) is 12.4. The van der Waals surface area contributed by atoms with Gasteiger partial charge >= 0.3 is 5.97 Å². The van der Waals surface area contributed by atoms with E-state index in [2.05, 4.69) is 28.4 Å². The van der Waals surface area contributed by atoms with E-state index in [1.807, 2.05) is 62.3 Å². The van der Waals surface area contributed by atoms with Crippen molar-refractivity contribution in [2.24, 2.45) is 11.3 Å². The van der Waals surface area contributed by atoms with Crippen LogP contribution in [-0.4, -0.2) is 105 Å². The van der Waals surface area contributed by atoms with Gasteiger partial charge in [0.25, 0.3) is 0 Å². The summed E-state index contributed by atoms with van der Waals surface area (Å²) in [6.45, 7) is 5.10. The van der Waals surface area contributed by atoms with Crippen LogP contribution in [0, 0.1) is 18.3 Å². The first-order chi connectivity index (χ1) is 27.4. The van der Waals surface area contributed by atoms with Crippen molar-refractivity contribution in [2.45, 2.75) is 75.9 Å². The van der Waals surface area contributed by atoms with Crippen LogP contribution < -0.4 is 19.5 Å². The summed E-state index contributed by atoms with van der Waals surface area (Å²) in [5, 5.41) is 14.5. The number of carbonyl (C=O) groups is 3. The number of aldehydes is 1. The second-order valence-corrected chi connectivity index (χ2v) is 16.8. The molecule has 4 atom stereocenters. The van der Waals surface area contributed by atoms with Gasteiger partial charge < -0.3 is 39.1 Å². The highest BCUT2D eigenvalue weighted by Crippen LogP contribution is 2.61. The number of aliphatic carboxylic acids is 1. The number of likely N-dealkylation sites (N-methyl/N-ethyl adjacent to an activating group) is 1. The predicted molar refractivity (Wildman–Crippen MR) is 220 cm³/mol. The fraction of sp³-hybridized carbons (Fsp3) is 0.523. The summed E-state index contributed by atoms with van der Waals surface area (Å²) in [5.74, 6) is 0.730. The number of nitrogens with zero attached hydrogens (tertiary/aromatic N) is 2. The Kier molecular flexibility index (Phi) is 14.1. The molecule has 1 saturated heterocycles. The minimum absolute atomic E-state index is 0.0455. The molecular formula is C44H55Cl2N3O8. The first kappa shape index (κ1) is 42.7. The Morgan fingerprint density at radius 1 is 0.930 bits per heavy atom. The maximum absolute atomic E-state index is 14.6. The highest BCUT2D eigenvalue weighted by Gasteiger charge is 2.74. The average molecular weight is 825 g/mol. The van der Waals surface area contributed by atoms with Gasteiger partial charge in [-0.2, -0.15) is 0 Å². The molecule has 11 nitrogen and oxygen atoms in total. The molecule has 2 aliphatic carbocycles. The fourth-order valence-corrected chi connectivity index (χ4v) is 9.14. The molecular weight excluding hydrogens is 769 g/mol. The number of hydrogen-bond donors (Lipinski definition) is 2. The standard InChI is InChI=1S/C44H55Cl2N3O8/c1-29-20-38(45)40(39(46)21-29)56-19-18-55-34-11-7-32(8-12-34)36-13-15-47-25-37(36)41(51)49(33-9-10-33)26-31-22-30(6-5-17-54-4)23-35(24-31)57-28-44(48(2)3)27-43(44,14-16-50)42(52)53/h7-8,11-12,16,20-24,33,36-37,47H,5-6,9-10,13-15,17-19,25-28H2,1-4H3,(H,52,53)/t36-,37+,43-,44+/m1/s1. The first-order valence-electron chi connectivity index (χ1n) is 19.8.